The quantitative estimate of drug-likeness (QED) is 0.601. The monoisotopic (exact) mass is 304 g/mol. The fraction of sp³-hybridized carbons (Fsp3) is 0.529. The van der Waals surface area contributed by atoms with Crippen molar-refractivity contribution in [2.24, 2.45) is 4.99 Å². The molecular formula is C17H28N4O. The molecule has 0 fully saturated rings. The van der Waals surface area contributed by atoms with Crippen LogP contribution in [0.4, 0.5) is 5.69 Å². The highest BCUT2D eigenvalue weighted by Crippen LogP contribution is 2.09. The zero-order valence-electron chi connectivity index (χ0n) is 14.1. The molecule has 0 atom stereocenters. The molecule has 0 saturated heterocycles. The molecule has 2 N–H and O–H groups in total. The Morgan fingerprint density at radius 1 is 1.27 bits per heavy atom. The summed E-state index contributed by atoms with van der Waals surface area (Å²) in [5, 5.41) is 6.15. The first-order valence-corrected chi connectivity index (χ1v) is 7.85. The number of rotatable bonds is 7. The Hall–Kier alpha value is -2.04. The number of carbonyl (C=O) groups excluding carboxylic acids is 1. The fourth-order valence-electron chi connectivity index (χ4n) is 2.16. The van der Waals surface area contributed by atoms with Crippen LogP contribution in [-0.2, 0) is 11.2 Å². The highest BCUT2D eigenvalue weighted by molar-refractivity contribution is 5.88. The highest BCUT2D eigenvalue weighted by atomic mass is 16.1. The molecule has 5 heteroatoms. The highest BCUT2D eigenvalue weighted by Gasteiger charge is 2.04. The van der Waals surface area contributed by atoms with Gasteiger partial charge in [0.05, 0.1) is 0 Å². The summed E-state index contributed by atoms with van der Waals surface area (Å²) in [4.78, 5) is 17.4. The summed E-state index contributed by atoms with van der Waals surface area (Å²) in [6.45, 7) is 5.55. The molecule has 1 aromatic carbocycles. The Morgan fingerprint density at radius 3 is 2.50 bits per heavy atom. The van der Waals surface area contributed by atoms with Gasteiger partial charge in [0, 0.05) is 39.8 Å². The van der Waals surface area contributed by atoms with E-state index < -0.39 is 0 Å². The number of carbonyl (C=O) groups is 1. The van der Waals surface area contributed by atoms with Gasteiger partial charge in [0.1, 0.15) is 0 Å². The Bertz CT molecular complexity index is 482. The molecule has 0 radical (unpaired) electrons. The second-order valence-corrected chi connectivity index (χ2v) is 5.38. The van der Waals surface area contributed by atoms with Crippen LogP contribution in [-0.4, -0.2) is 44.0 Å². The van der Waals surface area contributed by atoms with E-state index in [2.05, 4.69) is 34.5 Å². The van der Waals surface area contributed by atoms with Crippen LogP contribution >= 0.6 is 0 Å². The van der Waals surface area contributed by atoms with Crippen LogP contribution in [0.5, 0.6) is 0 Å². The van der Waals surface area contributed by atoms with Gasteiger partial charge in [0.2, 0.25) is 5.91 Å². The number of guanidine groups is 1. The number of amides is 1. The Labute approximate surface area is 133 Å². The van der Waals surface area contributed by atoms with Crippen LogP contribution < -0.4 is 10.6 Å². The van der Waals surface area contributed by atoms with E-state index in [9.17, 15) is 4.79 Å². The Morgan fingerprint density at radius 2 is 1.95 bits per heavy atom. The van der Waals surface area contributed by atoms with Crippen LogP contribution in [0.1, 0.15) is 32.3 Å². The number of nitrogens with zero attached hydrogens (tertiary/aromatic N) is 2. The molecule has 0 aliphatic rings. The summed E-state index contributed by atoms with van der Waals surface area (Å²) < 4.78 is 0. The zero-order chi connectivity index (χ0) is 16.4. The molecule has 1 aromatic rings. The third-order valence-corrected chi connectivity index (χ3v) is 3.39. The smallest absolute Gasteiger partial charge is 0.221 e. The second-order valence-electron chi connectivity index (χ2n) is 5.38. The molecule has 1 amide bonds. The summed E-state index contributed by atoms with van der Waals surface area (Å²) in [5.41, 5.74) is 2.06. The maximum absolute atomic E-state index is 11.0. The largest absolute Gasteiger partial charge is 0.356 e. The molecule has 22 heavy (non-hydrogen) atoms. The predicted molar refractivity (Wildman–Crippen MR) is 93.3 cm³/mol. The summed E-state index contributed by atoms with van der Waals surface area (Å²) in [5.74, 6) is 0.886. The molecule has 0 heterocycles. The lowest BCUT2D eigenvalue weighted by atomic mass is 10.1. The molecule has 0 saturated carbocycles. The van der Waals surface area contributed by atoms with E-state index in [0.29, 0.717) is 0 Å². The average molecular weight is 304 g/mol. The Kier molecular flexibility index (Phi) is 8.04. The van der Waals surface area contributed by atoms with Gasteiger partial charge in [-0.1, -0.05) is 25.5 Å². The predicted octanol–water partition coefficient (Wildman–Crippen LogP) is 2.49. The van der Waals surface area contributed by atoms with E-state index >= 15 is 0 Å². The minimum atomic E-state index is -0.0478. The van der Waals surface area contributed by atoms with Gasteiger partial charge in [-0.25, -0.2) is 0 Å². The molecular weight excluding hydrogens is 276 g/mol. The van der Waals surface area contributed by atoms with Crippen LogP contribution in [0.15, 0.2) is 29.3 Å². The lowest BCUT2D eigenvalue weighted by molar-refractivity contribution is -0.114. The molecule has 5 nitrogen and oxygen atoms in total. The van der Waals surface area contributed by atoms with Gasteiger partial charge in [0.15, 0.2) is 5.96 Å². The van der Waals surface area contributed by atoms with Crippen molar-refractivity contribution >= 4 is 17.6 Å². The van der Waals surface area contributed by atoms with Crippen LogP contribution in [0.3, 0.4) is 0 Å². The first-order valence-electron chi connectivity index (χ1n) is 7.85. The molecule has 122 valence electrons. The van der Waals surface area contributed by atoms with Gasteiger partial charge >= 0.3 is 0 Å². The Balaban J connectivity index is 2.40. The molecule has 0 bridgehead atoms. The first kappa shape index (κ1) is 18.0. The number of anilines is 1. The lowest BCUT2D eigenvalue weighted by Crippen LogP contribution is -2.40. The third-order valence-electron chi connectivity index (χ3n) is 3.39. The van der Waals surface area contributed by atoms with Gasteiger partial charge in [-0.2, -0.15) is 0 Å². The van der Waals surface area contributed by atoms with Gasteiger partial charge in [-0.15, -0.1) is 0 Å². The van der Waals surface area contributed by atoms with Crippen molar-refractivity contribution in [1.29, 1.82) is 0 Å². The van der Waals surface area contributed by atoms with Gasteiger partial charge in [-0.05, 0) is 30.5 Å². The standard InChI is InChI=1S/C17H28N4O/c1-5-6-13-21(4)17(18-3)19-12-11-15-7-9-16(10-8-15)20-14(2)22/h7-10H,5-6,11-13H2,1-4H3,(H,18,19)(H,20,22). The molecule has 0 unspecified atom stereocenters. The maximum Gasteiger partial charge on any atom is 0.221 e. The molecule has 0 aliphatic heterocycles. The second kappa shape index (κ2) is 9.82. The summed E-state index contributed by atoms with van der Waals surface area (Å²) in [6.07, 6.45) is 3.27. The number of hydrogen-bond donors (Lipinski definition) is 2. The number of hydrogen-bond acceptors (Lipinski definition) is 2. The lowest BCUT2D eigenvalue weighted by Gasteiger charge is -2.21. The topological polar surface area (TPSA) is 56.7 Å². The van der Waals surface area contributed by atoms with Crippen molar-refractivity contribution < 1.29 is 4.79 Å². The van der Waals surface area contributed by atoms with Gasteiger partial charge < -0.3 is 15.5 Å². The van der Waals surface area contributed by atoms with Crippen molar-refractivity contribution in [3.05, 3.63) is 29.8 Å². The summed E-state index contributed by atoms with van der Waals surface area (Å²) in [6, 6.07) is 7.94. The van der Waals surface area contributed by atoms with Crippen molar-refractivity contribution in [1.82, 2.24) is 10.2 Å². The maximum atomic E-state index is 11.0. The van der Waals surface area contributed by atoms with E-state index in [1.54, 1.807) is 0 Å². The molecule has 0 aromatic heterocycles. The van der Waals surface area contributed by atoms with E-state index in [-0.39, 0.29) is 5.91 Å². The van der Waals surface area contributed by atoms with Crippen molar-refractivity contribution in [2.45, 2.75) is 33.1 Å². The third kappa shape index (κ3) is 6.61. The number of nitrogens with one attached hydrogen (secondary N) is 2. The molecule has 1 rings (SSSR count). The number of aliphatic imine (C=N–C) groups is 1. The average Bonchev–Trinajstić information content (AvgIpc) is 2.50. The van der Waals surface area contributed by atoms with Crippen LogP contribution in [0, 0.1) is 0 Å². The number of benzene rings is 1. The SMILES string of the molecule is CCCCN(C)C(=NC)NCCc1ccc(NC(C)=O)cc1. The van der Waals surface area contributed by atoms with E-state index in [1.165, 1.54) is 25.3 Å². The van der Waals surface area contributed by atoms with Gasteiger partial charge in [-0.3, -0.25) is 9.79 Å². The van der Waals surface area contributed by atoms with Crippen molar-refractivity contribution in [2.75, 3.05) is 32.5 Å². The van der Waals surface area contributed by atoms with Crippen molar-refractivity contribution in [3.8, 4) is 0 Å². The van der Waals surface area contributed by atoms with Crippen molar-refractivity contribution in [3.63, 3.8) is 0 Å². The number of unbranched alkanes of at least 4 members (excludes halogenated alkanes) is 1. The minimum absolute atomic E-state index is 0.0478. The van der Waals surface area contributed by atoms with E-state index in [0.717, 1.165) is 31.2 Å². The van der Waals surface area contributed by atoms with Gasteiger partial charge in [0.25, 0.3) is 0 Å². The van der Waals surface area contributed by atoms with E-state index in [4.69, 9.17) is 0 Å². The fourth-order valence-corrected chi connectivity index (χ4v) is 2.16. The normalized spacial score (nSPS) is 11.2. The molecule has 0 spiro atoms. The van der Waals surface area contributed by atoms with Crippen LogP contribution in [0.2, 0.25) is 0 Å². The summed E-state index contributed by atoms with van der Waals surface area (Å²) >= 11 is 0. The summed E-state index contributed by atoms with van der Waals surface area (Å²) in [7, 11) is 3.88. The molecule has 0 aliphatic carbocycles. The van der Waals surface area contributed by atoms with E-state index in [1.807, 2.05) is 31.3 Å². The first-order chi connectivity index (χ1) is 10.6. The zero-order valence-corrected chi connectivity index (χ0v) is 14.1. The van der Waals surface area contributed by atoms with Crippen LogP contribution in [0.25, 0.3) is 0 Å². The minimum Gasteiger partial charge on any atom is -0.356 e.